The number of rotatable bonds is 4. The highest BCUT2D eigenvalue weighted by Crippen LogP contribution is 2.32. The van der Waals surface area contributed by atoms with E-state index < -0.39 is 17.5 Å². The lowest BCUT2D eigenvalue weighted by molar-refractivity contribution is -0.131. The first-order chi connectivity index (χ1) is 12.0. The number of hydrogen-bond donors (Lipinski definition) is 1. The van der Waals surface area contributed by atoms with E-state index in [4.69, 9.17) is 23.2 Å². The maximum absolute atomic E-state index is 12.9. The minimum Gasteiger partial charge on any atom is -0.318 e. The lowest BCUT2D eigenvalue weighted by Gasteiger charge is -2.24. The van der Waals surface area contributed by atoms with Crippen LogP contribution in [0.5, 0.6) is 0 Å². The fraction of sp³-hybridized carbons (Fsp3) is 0.167. The van der Waals surface area contributed by atoms with Crippen molar-refractivity contribution in [2.75, 3.05) is 0 Å². The summed E-state index contributed by atoms with van der Waals surface area (Å²) >= 11 is 12.2. The Morgan fingerprint density at radius 3 is 2.32 bits per heavy atom. The molecule has 0 saturated carbocycles. The largest absolute Gasteiger partial charge is 0.346 e. The molecule has 1 atom stereocenters. The van der Waals surface area contributed by atoms with Crippen molar-refractivity contribution in [3.05, 3.63) is 69.7 Å². The topological polar surface area (TPSA) is 61.8 Å². The lowest BCUT2D eigenvalue weighted by atomic mass is 9.87. The number of nitrogens with zero attached hydrogens (tertiary/aromatic N) is 2. The second-order valence-corrected chi connectivity index (χ2v) is 6.37. The molecule has 3 amide bonds. The van der Waals surface area contributed by atoms with Crippen molar-refractivity contribution in [1.82, 2.24) is 10.3 Å². The molecule has 3 rings (SSSR count). The molecule has 1 N–H and O–H groups in total. The highest BCUT2D eigenvalue weighted by molar-refractivity contribution is 6.38. The van der Waals surface area contributed by atoms with E-state index in [1.165, 1.54) is 6.21 Å². The first kappa shape index (κ1) is 17.5. The molecule has 1 aliphatic rings. The summed E-state index contributed by atoms with van der Waals surface area (Å²) in [5.41, 5.74) is 0.0319. The maximum Gasteiger partial charge on any atom is 0.346 e. The van der Waals surface area contributed by atoms with Crippen molar-refractivity contribution < 1.29 is 9.59 Å². The SMILES string of the molecule is CC[C@@]1(c2ccccc2)NC(=O)N(/N=C\c2c(Cl)cccc2Cl)C1=O. The van der Waals surface area contributed by atoms with Gasteiger partial charge in [-0.25, -0.2) is 4.79 Å². The number of amides is 3. The zero-order chi connectivity index (χ0) is 18.0. The van der Waals surface area contributed by atoms with E-state index in [2.05, 4.69) is 10.4 Å². The van der Waals surface area contributed by atoms with Crippen LogP contribution in [-0.2, 0) is 10.3 Å². The molecule has 0 aliphatic carbocycles. The molecule has 25 heavy (non-hydrogen) atoms. The van der Waals surface area contributed by atoms with Crippen molar-refractivity contribution in [2.45, 2.75) is 18.9 Å². The summed E-state index contributed by atoms with van der Waals surface area (Å²) in [4.78, 5) is 25.3. The van der Waals surface area contributed by atoms with E-state index in [0.717, 1.165) is 5.01 Å². The summed E-state index contributed by atoms with van der Waals surface area (Å²) in [6.45, 7) is 1.84. The van der Waals surface area contributed by atoms with Crippen LogP contribution in [0.15, 0.2) is 53.6 Å². The Hall–Kier alpha value is -2.37. The molecule has 1 fully saturated rings. The molecule has 5 nitrogen and oxygen atoms in total. The average Bonchev–Trinajstić information content (AvgIpc) is 2.87. The van der Waals surface area contributed by atoms with E-state index >= 15 is 0 Å². The standard InChI is InChI=1S/C18H15Cl2N3O2/c1-2-18(12-7-4-3-5-8-12)16(24)23(17(25)22-18)21-11-13-14(19)9-6-10-15(13)20/h3-11H,2H2,1H3,(H,22,25)/b21-11-/t18-/m0/s1. The normalized spacial score (nSPS) is 20.4. The Kier molecular flexibility index (Phi) is 4.79. The number of carbonyl (C=O) groups excluding carboxylic acids is 2. The highest BCUT2D eigenvalue weighted by Gasteiger charge is 2.51. The Morgan fingerprint density at radius 2 is 1.72 bits per heavy atom. The molecule has 0 radical (unpaired) electrons. The molecule has 0 bridgehead atoms. The molecule has 2 aromatic carbocycles. The van der Waals surface area contributed by atoms with E-state index in [1.807, 2.05) is 25.1 Å². The third-order valence-corrected chi connectivity index (χ3v) is 4.83. The fourth-order valence-electron chi connectivity index (χ4n) is 2.78. The molecule has 1 aliphatic heterocycles. The number of hydrogen-bond acceptors (Lipinski definition) is 3. The zero-order valence-electron chi connectivity index (χ0n) is 13.4. The Balaban J connectivity index is 1.95. The van der Waals surface area contributed by atoms with Gasteiger partial charge in [-0.15, -0.1) is 5.01 Å². The van der Waals surface area contributed by atoms with Crippen LogP contribution in [0.25, 0.3) is 0 Å². The molecule has 2 aromatic rings. The number of carbonyl (C=O) groups is 2. The van der Waals surface area contributed by atoms with Crippen LogP contribution in [0, 0.1) is 0 Å². The van der Waals surface area contributed by atoms with Crippen LogP contribution in [0.4, 0.5) is 4.79 Å². The summed E-state index contributed by atoms with van der Waals surface area (Å²) in [6.07, 6.45) is 1.72. The monoisotopic (exact) mass is 375 g/mol. The van der Waals surface area contributed by atoms with Crippen molar-refractivity contribution in [3.8, 4) is 0 Å². The first-order valence-corrected chi connectivity index (χ1v) is 8.45. The van der Waals surface area contributed by atoms with E-state index in [9.17, 15) is 9.59 Å². The van der Waals surface area contributed by atoms with E-state index in [1.54, 1.807) is 30.3 Å². The Labute approximate surface area is 155 Å². The van der Waals surface area contributed by atoms with Crippen LogP contribution in [0.3, 0.4) is 0 Å². The summed E-state index contributed by atoms with van der Waals surface area (Å²) in [5.74, 6) is -0.439. The molecule has 1 saturated heterocycles. The van der Waals surface area contributed by atoms with Gasteiger partial charge in [-0.2, -0.15) is 5.10 Å². The van der Waals surface area contributed by atoms with Crippen molar-refractivity contribution >= 4 is 41.4 Å². The number of halogens is 2. The summed E-state index contributed by atoms with van der Waals surface area (Å²) < 4.78 is 0. The van der Waals surface area contributed by atoms with Crippen LogP contribution in [0.1, 0.15) is 24.5 Å². The maximum atomic E-state index is 12.9. The van der Waals surface area contributed by atoms with Gasteiger partial charge in [-0.1, -0.05) is 66.5 Å². The van der Waals surface area contributed by atoms with Crippen LogP contribution >= 0.6 is 23.2 Å². The quantitative estimate of drug-likeness (QED) is 0.643. The summed E-state index contributed by atoms with van der Waals surface area (Å²) in [5, 5.41) is 8.36. The second-order valence-electron chi connectivity index (χ2n) is 5.55. The van der Waals surface area contributed by atoms with Gasteiger partial charge >= 0.3 is 6.03 Å². The summed E-state index contributed by atoms with van der Waals surface area (Å²) in [7, 11) is 0. The van der Waals surface area contributed by atoms with Gasteiger partial charge in [0.05, 0.1) is 16.3 Å². The smallest absolute Gasteiger partial charge is 0.318 e. The molecule has 0 spiro atoms. The molecule has 7 heteroatoms. The molecule has 128 valence electrons. The lowest BCUT2D eigenvalue weighted by Crippen LogP contribution is -2.43. The van der Waals surface area contributed by atoms with Gasteiger partial charge in [0.2, 0.25) is 0 Å². The molecular weight excluding hydrogens is 361 g/mol. The van der Waals surface area contributed by atoms with Crippen LogP contribution in [-0.4, -0.2) is 23.2 Å². The third-order valence-electron chi connectivity index (χ3n) is 4.17. The van der Waals surface area contributed by atoms with Gasteiger partial charge in [0.15, 0.2) is 0 Å². The minimum absolute atomic E-state index is 0.383. The molecule has 1 heterocycles. The van der Waals surface area contributed by atoms with Crippen molar-refractivity contribution in [2.24, 2.45) is 5.10 Å². The predicted octanol–water partition coefficient (Wildman–Crippen LogP) is 4.18. The van der Waals surface area contributed by atoms with E-state index in [-0.39, 0.29) is 0 Å². The first-order valence-electron chi connectivity index (χ1n) is 7.70. The number of imide groups is 1. The molecular formula is C18H15Cl2N3O2. The average molecular weight is 376 g/mol. The Morgan fingerprint density at radius 1 is 1.08 bits per heavy atom. The second kappa shape index (κ2) is 6.86. The highest BCUT2D eigenvalue weighted by atomic mass is 35.5. The number of benzene rings is 2. The Bertz CT molecular complexity index is 834. The molecule has 0 unspecified atom stereocenters. The van der Waals surface area contributed by atoms with E-state index in [0.29, 0.717) is 27.6 Å². The van der Waals surface area contributed by atoms with Crippen molar-refractivity contribution in [3.63, 3.8) is 0 Å². The van der Waals surface area contributed by atoms with Crippen LogP contribution in [0.2, 0.25) is 10.0 Å². The molecule has 0 aromatic heterocycles. The van der Waals surface area contributed by atoms with Gasteiger partial charge in [0.1, 0.15) is 5.54 Å². The van der Waals surface area contributed by atoms with Crippen molar-refractivity contribution in [1.29, 1.82) is 0 Å². The predicted molar refractivity (Wildman–Crippen MR) is 97.8 cm³/mol. The van der Waals surface area contributed by atoms with Gasteiger partial charge in [-0.3, -0.25) is 4.79 Å². The van der Waals surface area contributed by atoms with Gasteiger partial charge in [0.25, 0.3) is 5.91 Å². The number of nitrogens with one attached hydrogen (secondary N) is 1. The zero-order valence-corrected chi connectivity index (χ0v) is 14.9. The number of urea groups is 1. The van der Waals surface area contributed by atoms with Gasteiger partial charge in [0, 0.05) is 5.56 Å². The third kappa shape index (κ3) is 3.01. The fourth-order valence-corrected chi connectivity index (χ4v) is 3.27. The minimum atomic E-state index is -1.13. The van der Waals surface area contributed by atoms with Gasteiger partial charge < -0.3 is 5.32 Å². The van der Waals surface area contributed by atoms with Crippen LogP contribution < -0.4 is 5.32 Å². The summed E-state index contributed by atoms with van der Waals surface area (Å²) in [6, 6.07) is 13.5. The number of hydrazone groups is 1. The van der Waals surface area contributed by atoms with Gasteiger partial charge in [-0.05, 0) is 24.1 Å².